The van der Waals surface area contributed by atoms with Crippen molar-refractivity contribution < 1.29 is 56.3 Å². The normalized spacial score (nSPS) is 17.6. The Bertz CT molecular complexity index is 1290. The quantitative estimate of drug-likeness (QED) is 0.152. The van der Waals surface area contributed by atoms with E-state index in [4.69, 9.17) is 4.74 Å². The van der Waals surface area contributed by atoms with Crippen molar-refractivity contribution in [1.29, 1.82) is 0 Å². The first-order valence-electron chi connectivity index (χ1n) is 13.0. The topological polar surface area (TPSA) is 52.6 Å². The lowest BCUT2D eigenvalue weighted by molar-refractivity contribution is -0.382. The third kappa shape index (κ3) is 6.71. The van der Waals surface area contributed by atoms with E-state index in [0.29, 0.717) is 23.1 Å². The Morgan fingerprint density at radius 2 is 1.32 bits per heavy atom. The first-order chi connectivity index (χ1) is 18.9. The van der Waals surface area contributed by atoms with Gasteiger partial charge in [0.25, 0.3) is 0 Å². The minimum atomic E-state index is -7.35. The Kier molecular flexibility index (Phi) is 10.2. The molecule has 0 aliphatic carbocycles. The molecule has 0 spiro atoms. The third-order valence-corrected chi connectivity index (χ3v) is 12.5. The molecule has 0 saturated carbocycles. The molecule has 1 fully saturated rings. The van der Waals surface area contributed by atoms with Crippen molar-refractivity contribution >= 4 is 31.2 Å². The van der Waals surface area contributed by atoms with Gasteiger partial charge in [-0.3, -0.25) is 0 Å². The van der Waals surface area contributed by atoms with Crippen LogP contribution in [0.5, 0.6) is 5.75 Å². The van der Waals surface area contributed by atoms with Gasteiger partial charge >= 0.3 is 33.4 Å². The number of rotatable bonds is 14. The van der Waals surface area contributed by atoms with Crippen molar-refractivity contribution in [2.75, 3.05) is 18.1 Å². The molecule has 0 amide bonds. The maximum absolute atomic E-state index is 14.4. The molecule has 0 radical (unpaired) electrons. The number of ether oxygens (including phenoxy) is 1. The van der Waals surface area contributed by atoms with Crippen LogP contribution in [-0.2, 0) is 13.7 Å². The highest BCUT2D eigenvalue weighted by atomic mass is 32.3. The van der Waals surface area contributed by atoms with Crippen LogP contribution in [0.4, 0.5) is 39.5 Å². The standard InChI is InChI=1S/C26H31F9O4S2/c1-2-3-4-5-6-7-14-38-21-12-10-20-18-22(13-11-19(20)17-21)40(15-8-9-16-40)39-41(36,37)26(34,35)24(29,30)23(27,28)25(31,32)33/h10-13,17-18H,2-9,14-16H2,1H3. The van der Waals surface area contributed by atoms with E-state index in [1.54, 1.807) is 18.2 Å². The Morgan fingerprint density at radius 3 is 1.93 bits per heavy atom. The van der Waals surface area contributed by atoms with Crippen LogP contribution in [-0.4, -0.2) is 49.8 Å². The highest BCUT2D eigenvalue weighted by molar-refractivity contribution is 8.33. The Labute approximate surface area is 234 Å². The van der Waals surface area contributed by atoms with E-state index in [1.807, 2.05) is 0 Å². The fraction of sp³-hybridized carbons (Fsp3) is 0.615. The molecule has 1 heterocycles. The predicted octanol–water partition coefficient (Wildman–Crippen LogP) is 9.22. The van der Waals surface area contributed by atoms with E-state index in [9.17, 15) is 47.9 Å². The van der Waals surface area contributed by atoms with Gasteiger partial charge in [0, 0.05) is 16.4 Å². The zero-order valence-electron chi connectivity index (χ0n) is 22.1. The minimum absolute atomic E-state index is 0.0496. The second-order valence-electron chi connectivity index (χ2n) is 9.90. The number of alkyl halides is 9. The fourth-order valence-electron chi connectivity index (χ4n) is 4.44. The van der Waals surface area contributed by atoms with Crippen molar-refractivity contribution in [2.24, 2.45) is 0 Å². The Hall–Kier alpha value is -1.87. The van der Waals surface area contributed by atoms with E-state index >= 15 is 0 Å². The van der Waals surface area contributed by atoms with Gasteiger partial charge in [0.15, 0.2) is 0 Å². The molecule has 1 aliphatic heterocycles. The summed E-state index contributed by atoms with van der Waals surface area (Å²) >= 11 is 0. The molecule has 0 atom stereocenters. The molecule has 0 N–H and O–H groups in total. The zero-order chi connectivity index (χ0) is 30.7. The lowest BCUT2D eigenvalue weighted by Gasteiger charge is -2.38. The summed E-state index contributed by atoms with van der Waals surface area (Å²) in [6, 6.07) is 9.19. The monoisotopic (exact) mass is 642 g/mol. The van der Waals surface area contributed by atoms with Crippen LogP contribution in [0.25, 0.3) is 10.8 Å². The molecule has 2 aromatic carbocycles. The third-order valence-electron chi connectivity index (χ3n) is 6.83. The number of hydrogen-bond donors (Lipinski definition) is 0. The van der Waals surface area contributed by atoms with Gasteiger partial charge in [0.05, 0.1) is 6.61 Å². The van der Waals surface area contributed by atoms with Crippen molar-refractivity contribution in [3.05, 3.63) is 36.4 Å². The first-order valence-corrected chi connectivity index (χ1v) is 16.3. The summed E-state index contributed by atoms with van der Waals surface area (Å²) in [5, 5.41) is -5.78. The van der Waals surface area contributed by atoms with Gasteiger partial charge in [-0.15, -0.1) is 0 Å². The zero-order valence-corrected chi connectivity index (χ0v) is 23.7. The van der Waals surface area contributed by atoms with Crippen LogP contribution in [0.2, 0.25) is 0 Å². The van der Waals surface area contributed by atoms with Gasteiger partial charge in [-0.25, -0.2) is 3.63 Å². The van der Waals surface area contributed by atoms with Crippen LogP contribution in [0.3, 0.4) is 0 Å². The Morgan fingerprint density at radius 1 is 0.756 bits per heavy atom. The average molecular weight is 643 g/mol. The molecule has 15 heteroatoms. The van der Waals surface area contributed by atoms with Crippen molar-refractivity contribution in [3.8, 4) is 5.75 Å². The number of benzene rings is 2. The molecule has 0 aromatic heterocycles. The molecule has 1 saturated heterocycles. The van der Waals surface area contributed by atoms with E-state index in [2.05, 4.69) is 10.6 Å². The summed E-state index contributed by atoms with van der Waals surface area (Å²) < 4.78 is 156. The molecule has 2 aromatic rings. The smallest absolute Gasteiger partial charge is 0.460 e. The lowest BCUT2D eigenvalue weighted by atomic mass is 10.1. The first kappa shape index (κ1) is 33.6. The summed E-state index contributed by atoms with van der Waals surface area (Å²) in [7, 11) is -10.3. The van der Waals surface area contributed by atoms with Crippen molar-refractivity contribution in [3.63, 3.8) is 0 Å². The van der Waals surface area contributed by atoms with Gasteiger partial charge in [0.1, 0.15) is 5.75 Å². The number of hydrogen-bond acceptors (Lipinski definition) is 4. The van der Waals surface area contributed by atoms with E-state index < -0.39 is 43.7 Å². The van der Waals surface area contributed by atoms with Crippen LogP contribution in [0.15, 0.2) is 41.3 Å². The van der Waals surface area contributed by atoms with Crippen molar-refractivity contribution in [1.82, 2.24) is 0 Å². The van der Waals surface area contributed by atoms with Crippen LogP contribution in [0.1, 0.15) is 58.3 Å². The molecule has 0 unspecified atom stereocenters. The SMILES string of the molecule is CCCCCCCCOc1ccc2cc(S3(OS(=O)(=O)C(F)(F)C(F)(F)C(F)(F)C(F)(F)F)CCCC3)ccc2c1. The number of unbranched alkanes of at least 4 members (excludes halogenated alkanes) is 5. The van der Waals surface area contributed by atoms with Gasteiger partial charge in [-0.1, -0.05) is 61.5 Å². The molecule has 0 bridgehead atoms. The highest BCUT2D eigenvalue weighted by Gasteiger charge is 2.86. The second kappa shape index (κ2) is 12.4. The summed E-state index contributed by atoms with van der Waals surface area (Å²) in [4.78, 5) is 0.0496. The van der Waals surface area contributed by atoms with E-state index in [0.717, 1.165) is 32.1 Å². The molecular formula is C26H31F9O4S2. The van der Waals surface area contributed by atoms with E-state index in [1.165, 1.54) is 24.6 Å². The minimum Gasteiger partial charge on any atom is -0.494 e. The molecule has 41 heavy (non-hydrogen) atoms. The molecule has 234 valence electrons. The molecule has 3 rings (SSSR count). The average Bonchev–Trinajstić information content (AvgIpc) is 3.35. The number of halogens is 9. The van der Waals surface area contributed by atoms with Gasteiger partial charge in [0.2, 0.25) is 0 Å². The van der Waals surface area contributed by atoms with Crippen LogP contribution < -0.4 is 4.74 Å². The maximum Gasteiger partial charge on any atom is 0.460 e. The summed E-state index contributed by atoms with van der Waals surface area (Å²) in [5.74, 6) is -14.5. The van der Waals surface area contributed by atoms with Crippen LogP contribution in [0, 0.1) is 0 Å². The maximum atomic E-state index is 14.4. The molecule has 4 nitrogen and oxygen atoms in total. The predicted molar refractivity (Wildman–Crippen MR) is 139 cm³/mol. The summed E-state index contributed by atoms with van der Waals surface area (Å²) in [5.41, 5.74) is 0. The largest absolute Gasteiger partial charge is 0.494 e. The summed E-state index contributed by atoms with van der Waals surface area (Å²) in [6.45, 7) is 2.61. The van der Waals surface area contributed by atoms with Gasteiger partial charge in [-0.05, 0) is 54.3 Å². The molecular weight excluding hydrogens is 611 g/mol. The molecule has 1 aliphatic rings. The van der Waals surface area contributed by atoms with Crippen LogP contribution >= 0.6 is 10.3 Å². The van der Waals surface area contributed by atoms with Gasteiger partial charge < -0.3 is 4.74 Å². The van der Waals surface area contributed by atoms with Crippen molar-refractivity contribution in [2.45, 2.75) is 86.5 Å². The number of fused-ring (bicyclic) bond motifs is 1. The highest BCUT2D eigenvalue weighted by Crippen LogP contribution is 2.65. The van der Waals surface area contributed by atoms with E-state index in [-0.39, 0.29) is 29.2 Å². The fourth-order valence-corrected chi connectivity index (χ4v) is 10.1. The Balaban J connectivity index is 1.83. The summed E-state index contributed by atoms with van der Waals surface area (Å²) in [6.07, 6.45) is -0.232. The second-order valence-corrected chi connectivity index (χ2v) is 14.8. The van der Waals surface area contributed by atoms with Gasteiger partial charge in [-0.2, -0.15) is 47.9 Å². The lowest BCUT2D eigenvalue weighted by Crippen LogP contribution is -2.63.